The first-order chi connectivity index (χ1) is 11.1. The minimum atomic E-state index is -0.367. The van der Waals surface area contributed by atoms with Gasteiger partial charge in [0.1, 0.15) is 11.6 Å². The van der Waals surface area contributed by atoms with Crippen molar-refractivity contribution in [2.45, 2.75) is 12.5 Å². The molecule has 2 aromatic carbocycles. The van der Waals surface area contributed by atoms with Gasteiger partial charge < -0.3 is 5.11 Å². The fourth-order valence-electron chi connectivity index (χ4n) is 2.63. The summed E-state index contributed by atoms with van der Waals surface area (Å²) in [6, 6.07) is 13.8. The number of hydrogen-bond acceptors (Lipinski definition) is 3. The highest BCUT2D eigenvalue weighted by Crippen LogP contribution is 2.37. The number of phenolic OH excluding ortho intramolecular Hbond substituents is 1. The van der Waals surface area contributed by atoms with Crippen molar-refractivity contribution >= 4 is 34.8 Å². The number of rotatable bonds is 3. The Morgan fingerprint density at radius 1 is 1.22 bits per heavy atom. The van der Waals surface area contributed by atoms with Gasteiger partial charge in [-0.3, -0.25) is 4.79 Å². The highest BCUT2D eigenvalue weighted by molar-refractivity contribution is 6.30. The number of hydrazone groups is 1. The average molecular weight is 349 g/mol. The van der Waals surface area contributed by atoms with Crippen LogP contribution in [0.25, 0.3) is 0 Å². The van der Waals surface area contributed by atoms with Crippen LogP contribution in [0.2, 0.25) is 5.02 Å². The van der Waals surface area contributed by atoms with Gasteiger partial charge >= 0.3 is 0 Å². The number of hydrogen-bond donors (Lipinski definition) is 1. The summed E-state index contributed by atoms with van der Waals surface area (Å²) in [6.07, 6.45) is 0.502. The second-order valence-electron chi connectivity index (χ2n) is 5.20. The lowest BCUT2D eigenvalue weighted by molar-refractivity contribution is -0.130. The summed E-state index contributed by atoms with van der Waals surface area (Å²) in [7, 11) is 0. The van der Waals surface area contributed by atoms with Crippen molar-refractivity contribution in [3.63, 3.8) is 0 Å². The highest BCUT2D eigenvalue weighted by atomic mass is 35.5. The van der Waals surface area contributed by atoms with Gasteiger partial charge in [0.05, 0.1) is 11.8 Å². The molecule has 1 atom stereocenters. The van der Waals surface area contributed by atoms with Crippen molar-refractivity contribution < 1.29 is 9.90 Å². The number of phenols is 1. The van der Waals surface area contributed by atoms with Gasteiger partial charge in [-0.2, -0.15) is 5.10 Å². The minimum Gasteiger partial charge on any atom is -0.508 e. The van der Waals surface area contributed by atoms with Crippen molar-refractivity contribution in [2.75, 3.05) is 5.88 Å². The molecular formula is C17H14Cl2N2O2. The normalized spacial score (nSPS) is 17.2. The lowest BCUT2D eigenvalue weighted by atomic mass is 9.98. The Morgan fingerprint density at radius 3 is 2.57 bits per heavy atom. The Kier molecular flexibility index (Phi) is 4.55. The largest absolute Gasteiger partial charge is 0.508 e. The molecule has 0 saturated carbocycles. The average Bonchev–Trinajstić information content (AvgIpc) is 3.00. The van der Waals surface area contributed by atoms with Crippen molar-refractivity contribution in [3.05, 3.63) is 64.7 Å². The first kappa shape index (κ1) is 15.8. The Hall–Kier alpha value is -2.04. The topological polar surface area (TPSA) is 52.9 Å². The maximum atomic E-state index is 12.1. The molecular weight excluding hydrogens is 335 g/mol. The van der Waals surface area contributed by atoms with Gasteiger partial charge in [0.2, 0.25) is 0 Å². The first-order valence-corrected chi connectivity index (χ1v) is 8.00. The molecule has 0 aromatic heterocycles. The van der Waals surface area contributed by atoms with E-state index >= 15 is 0 Å². The van der Waals surface area contributed by atoms with E-state index in [4.69, 9.17) is 23.2 Å². The lowest BCUT2D eigenvalue weighted by Crippen LogP contribution is -2.28. The third-order valence-electron chi connectivity index (χ3n) is 3.75. The standard InChI is InChI=1S/C17H14Cl2N2O2/c18-10-17(23)21-15(13-3-1-2-4-16(13)22)9-14(20-21)11-5-7-12(19)8-6-11/h1-8,15,22H,9-10H2/t15-/m0/s1. The fourth-order valence-corrected chi connectivity index (χ4v) is 2.88. The molecule has 0 aliphatic carbocycles. The molecule has 6 heteroatoms. The van der Waals surface area contributed by atoms with Crippen LogP contribution in [-0.2, 0) is 4.79 Å². The molecule has 0 saturated heterocycles. The van der Waals surface area contributed by atoms with Gasteiger partial charge in [-0.25, -0.2) is 5.01 Å². The molecule has 23 heavy (non-hydrogen) atoms. The minimum absolute atomic E-state index is 0.137. The molecule has 118 valence electrons. The van der Waals surface area contributed by atoms with Crippen LogP contribution in [-0.4, -0.2) is 27.6 Å². The van der Waals surface area contributed by atoms with Crippen LogP contribution in [0, 0.1) is 0 Å². The lowest BCUT2D eigenvalue weighted by Gasteiger charge is -2.21. The van der Waals surface area contributed by atoms with Gasteiger partial charge in [-0.05, 0) is 23.8 Å². The first-order valence-electron chi connectivity index (χ1n) is 7.09. The van der Waals surface area contributed by atoms with Crippen LogP contribution in [0.4, 0.5) is 0 Å². The van der Waals surface area contributed by atoms with Gasteiger partial charge in [-0.15, -0.1) is 11.6 Å². The van der Waals surface area contributed by atoms with E-state index in [2.05, 4.69) is 5.10 Å². The molecule has 3 rings (SSSR count). The molecule has 0 bridgehead atoms. The molecule has 0 unspecified atom stereocenters. The number of halogens is 2. The summed E-state index contributed by atoms with van der Waals surface area (Å²) < 4.78 is 0. The number of nitrogens with zero attached hydrogens (tertiary/aromatic N) is 2. The maximum absolute atomic E-state index is 12.1. The number of benzene rings is 2. The zero-order valence-corrected chi connectivity index (χ0v) is 13.6. The Morgan fingerprint density at radius 2 is 1.91 bits per heavy atom. The summed E-state index contributed by atoms with van der Waals surface area (Å²) >= 11 is 11.6. The predicted octanol–water partition coefficient (Wildman–Crippen LogP) is 3.96. The number of alkyl halides is 1. The number of carbonyl (C=O) groups excluding carboxylic acids is 1. The van der Waals surface area contributed by atoms with E-state index < -0.39 is 0 Å². The zero-order chi connectivity index (χ0) is 16.4. The van der Waals surface area contributed by atoms with Crippen LogP contribution in [0.5, 0.6) is 5.75 Å². The van der Waals surface area contributed by atoms with Crippen LogP contribution in [0.3, 0.4) is 0 Å². The van der Waals surface area contributed by atoms with Crippen molar-refractivity contribution in [1.82, 2.24) is 5.01 Å². The molecule has 1 amide bonds. The highest BCUT2D eigenvalue weighted by Gasteiger charge is 2.33. The summed E-state index contributed by atoms with van der Waals surface area (Å²) in [5.74, 6) is -0.331. The van der Waals surface area contributed by atoms with Crippen LogP contribution in [0.15, 0.2) is 53.6 Å². The molecule has 1 aliphatic rings. The SMILES string of the molecule is O=C(CCl)N1N=C(c2ccc(Cl)cc2)C[C@H]1c1ccccc1O. The van der Waals surface area contributed by atoms with Crippen LogP contribution in [0.1, 0.15) is 23.6 Å². The van der Waals surface area contributed by atoms with Crippen LogP contribution >= 0.6 is 23.2 Å². The van der Waals surface area contributed by atoms with E-state index in [1.54, 1.807) is 30.3 Å². The smallest absolute Gasteiger partial charge is 0.258 e. The van der Waals surface area contributed by atoms with Gasteiger partial charge in [0, 0.05) is 17.0 Å². The Labute approximate surface area is 143 Å². The quantitative estimate of drug-likeness (QED) is 0.853. The molecule has 0 radical (unpaired) electrons. The molecule has 1 aliphatic heterocycles. The number of para-hydroxylation sites is 1. The molecule has 1 heterocycles. The number of carbonyl (C=O) groups is 1. The van der Waals surface area contributed by atoms with E-state index in [-0.39, 0.29) is 23.6 Å². The van der Waals surface area contributed by atoms with E-state index in [9.17, 15) is 9.90 Å². The van der Waals surface area contributed by atoms with E-state index in [0.29, 0.717) is 17.0 Å². The molecule has 0 spiro atoms. The molecule has 1 N–H and O–H groups in total. The number of aromatic hydroxyl groups is 1. The summed E-state index contributed by atoms with van der Waals surface area (Å²) in [4.78, 5) is 12.1. The third-order valence-corrected chi connectivity index (χ3v) is 4.23. The summed E-state index contributed by atoms with van der Waals surface area (Å²) in [5.41, 5.74) is 2.30. The van der Waals surface area contributed by atoms with Crippen molar-refractivity contribution in [3.8, 4) is 5.75 Å². The van der Waals surface area contributed by atoms with Gasteiger partial charge in [0.25, 0.3) is 5.91 Å². The second kappa shape index (κ2) is 6.60. The van der Waals surface area contributed by atoms with E-state index in [1.807, 2.05) is 18.2 Å². The van der Waals surface area contributed by atoms with Gasteiger partial charge in [-0.1, -0.05) is 41.9 Å². The molecule has 4 nitrogen and oxygen atoms in total. The number of amides is 1. The maximum Gasteiger partial charge on any atom is 0.258 e. The third kappa shape index (κ3) is 3.19. The van der Waals surface area contributed by atoms with Crippen molar-refractivity contribution in [1.29, 1.82) is 0 Å². The summed E-state index contributed by atoms with van der Waals surface area (Å²) in [6.45, 7) is 0. The molecule has 2 aromatic rings. The van der Waals surface area contributed by atoms with E-state index in [0.717, 1.165) is 11.3 Å². The van der Waals surface area contributed by atoms with Crippen LogP contribution < -0.4 is 0 Å². The predicted molar refractivity (Wildman–Crippen MR) is 91.0 cm³/mol. The van der Waals surface area contributed by atoms with E-state index in [1.165, 1.54) is 5.01 Å². The monoisotopic (exact) mass is 348 g/mol. The van der Waals surface area contributed by atoms with Crippen molar-refractivity contribution in [2.24, 2.45) is 5.10 Å². The Balaban J connectivity index is 1.97. The summed E-state index contributed by atoms with van der Waals surface area (Å²) in [5, 5.41) is 16.5. The fraction of sp³-hybridized carbons (Fsp3) is 0.176. The Bertz CT molecular complexity index is 759. The van der Waals surface area contributed by atoms with Gasteiger partial charge in [0.15, 0.2) is 0 Å². The second-order valence-corrected chi connectivity index (χ2v) is 5.91. The zero-order valence-electron chi connectivity index (χ0n) is 12.1. The molecule has 0 fully saturated rings.